The van der Waals surface area contributed by atoms with Gasteiger partial charge in [-0.3, -0.25) is 0 Å². The maximum Gasteiger partial charge on any atom is 1.00 e. The monoisotopic (exact) mass is 299 g/mol. The summed E-state index contributed by atoms with van der Waals surface area (Å²) in [6.07, 6.45) is 0.168. The Morgan fingerprint density at radius 1 is 1.41 bits per heavy atom. The predicted molar refractivity (Wildman–Crippen MR) is 66.8 cm³/mol. The van der Waals surface area contributed by atoms with E-state index in [1.807, 2.05) is 24.3 Å². The minimum Gasteiger partial charge on any atom is -0.748 e. The number of benzene rings is 1. The molecule has 0 bridgehead atoms. The second-order valence-corrected chi connectivity index (χ2v) is 7.45. The van der Waals surface area contributed by atoms with Crippen LogP contribution < -0.4 is 34.9 Å². The van der Waals surface area contributed by atoms with E-state index in [1.165, 1.54) is 11.8 Å². The van der Waals surface area contributed by atoms with Crippen molar-refractivity contribution >= 4 is 40.2 Å². The number of hydrogen-bond donors (Lipinski definition) is 2. The molecule has 1 aliphatic rings. The molecule has 1 unspecified atom stereocenters. The zero-order chi connectivity index (χ0) is 11.8. The van der Waals surface area contributed by atoms with Crippen LogP contribution >= 0.6 is 24.4 Å². The molecular formula is C9H10NNaO3S3. The van der Waals surface area contributed by atoms with Gasteiger partial charge >= 0.3 is 29.6 Å². The number of rotatable bonds is 3. The Hall–Kier alpha value is 0.630. The van der Waals surface area contributed by atoms with Crippen LogP contribution in [0.2, 0.25) is 0 Å². The van der Waals surface area contributed by atoms with Gasteiger partial charge in [0.15, 0.2) is 0 Å². The average Bonchev–Trinajstić information content (AvgIpc) is 2.51. The Morgan fingerprint density at radius 2 is 2.06 bits per heavy atom. The summed E-state index contributed by atoms with van der Waals surface area (Å²) in [4.78, 5) is 1.01. The molecule has 88 valence electrons. The number of para-hydroxylation sites is 1. The van der Waals surface area contributed by atoms with Crippen LogP contribution in [0.1, 0.15) is 6.42 Å². The van der Waals surface area contributed by atoms with Crippen molar-refractivity contribution in [2.45, 2.75) is 15.5 Å². The molecule has 0 saturated heterocycles. The molecular weight excluding hydrogens is 289 g/mol. The van der Waals surface area contributed by atoms with Gasteiger partial charge in [0.05, 0.1) is 10.1 Å². The van der Waals surface area contributed by atoms with Crippen molar-refractivity contribution in [3.63, 3.8) is 0 Å². The summed E-state index contributed by atoms with van der Waals surface area (Å²) in [6.45, 7) is 0. The number of anilines is 1. The van der Waals surface area contributed by atoms with Crippen molar-refractivity contribution < 1.29 is 42.5 Å². The SMILES string of the molecule is O=S(=O)([O-])CCC1(S)Nc2ccccc2S1.[Na+]. The Labute approximate surface area is 132 Å². The van der Waals surface area contributed by atoms with E-state index in [-0.39, 0.29) is 36.0 Å². The predicted octanol–water partition coefficient (Wildman–Crippen LogP) is -1.27. The number of fused-ring (bicyclic) bond motifs is 1. The number of hydrogen-bond acceptors (Lipinski definition) is 6. The molecule has 0 aromatic heterocycles. The number of thiol groups is 1. The smallest absolute Gasteiger partial charge is 0.748 e. The third-order valence-corrected chi connectivity index (χ3v) is 4.72. The first-order valence-corrected chi connectivity index (χ1v) is 7.44. The largest absolute Gasteiger partial charge is 1.00 e. The molecule has 0 fully saturated rings. The summed E-state index contributed by atoms with van der Waals surface area (Å²) in [6, 6.07) is 7.61. The zero-order valence-corrected chi connectivity index (χ0v) is 13.7. The van der Waals surface area contributed by atoms with Gasteiger partial charge in [-0.25, -0.2) is 8.42 Å². The van der Waals surface area contributed by atoms with Crippen LogP contribution in [0.15, 0.2) is 29.2 Å². The molecule has 0 aliphatic carbocycles. The van der Waals surface area contributed by atoms with Gasteiger partial charge < -0.3 is 9.87 Å². The summed E-state index contributed by atoms with van der Waals surface area (Å²) in [7, 11) is -4.19. The Balaban J connectivity index is 0.00000144. The summed E-state index contributed by atoms with van der Waals surface area (Å²) in [5.41, 5.74) is 0.922. The van der Waals surface area contributed by atoms with Crippen molar-refractivity contribution in [1.29, 1.82) is 0 Å². The van der Waals surface area contributed by atoms with Gasteiger partial charge in [0.2, 0.25) is 0 Å². The van der Waals surface area contributed by atoms with Crippen LogP contribution in [0.3, 0.4) is 0 Å². The van der Waals surface area contributed by atoms with Crippen molar-refractivity contribution in [3.8, 4) is 0 Å². The number of nitrogens with one attached hydrogen (secondary N) is 1. The summed E-state index contributed by atoms with van der Waals surface area (Å²) < 4.78 is 31.0. The Kier molecular flexibility index (Phi) is 5.29. The minimum atomic E-state index is -4.19. The van der Waals surface area contributed by atoms with E-state index < -0.39 is 20.1 Å². The molecule has 2 rings (SSSR count). The topological polar surface area (TPSA) is 69.2 Å². The first-order chi connectivity index (χ1) is 7.38. The van der Waals surface area contributed by atoms with Crippen LogP contribution in [0.25, 0.3) is 0 Å². The molecule has 17 heavy (non-hydrogen) atoms. The first-order valence-electron chi connectivity index (χ1n) is 4.60. The quantitative estimate of drug-likeness (QED) is 0.414. The fourth-order valence-corrected chi connectivity index (χ4v) is 3.92. The van der Waals surface area contributed by atoms with Gasteiger partial charge in [0.25, 0.3) is 0 Å². The molecule has 1 heterocycles. The van der Waals surface area contributed by atoms with Gasteiger partial charge in [-0.15, -0.1) is 12.6 Å². The van der Waals surface area contributed by atoms with Gasteiger partial charge in [-0.1, -0.05) is 23.9 Å². The third kappa shape index (κ3) is 4.34. The fraction of sp³-hybridized carbons (Fsp3) is 0.333. The Bertz CT molecular complexity index is 481. The molecule has 1 aromatic carbocycles. The third-order valence-electron chi connectivity index (χ3n) is 2.19. The van der Waals surface area contributed by atoms with Gasteiger partial charge in [0.1, 0.15) is 4.20 Å². The van der Waals surface area contributed by atoms with E-state index >= 15 is 0 Å². The van der Waals surface area contributed by atoms with E-state index in [9.17, 15) is 13.0 Å². The van der Waals surface area contributed by atoms with E-state index in [2.05, 4.69) is 17.9 Å². The normalized spacial score (nSPS) is 22.5. The second-order valence-electron chi connectivity index (χ2n) is 3.52. The van der Waals surface area contributed by atoms with E-state index in [4.69, 9.17) is 0 Å². The molecule has 4 nitrogen and oxygen atoms in total. The zero-order valence-electron chi connectivity index (χ0n) is 9.21. The molecule has 1 aliphatic heterocycles. The molecule has 1 N–H and O–H groups in total. The van der Waals surface area contributed by atoms with Crippen molar-refractivity contribution in [2.24, 2.45) is 0 Å². The maximum absolute atomic E-state index is 10.6. The Morgan fingerprint density at radius 3 is 2.65 bits per heavy atom. The van der Waals surface area contributed by atoms with Gasteiger partial charge in [-0.05, 0) is 12.1 Å². The second kappa shape index (κ2) is 5.73. The maximum atomic E-state index is 10.6. The molecule has 1 aromatic rings. The average molecular weight is 299 g/mol. The summed E-state index contributed by atoms with van der Waals surface area (Å²) in [5, 5.41) is 3.11. The van der Waals surface area contributed by atoms with Crippen molar-refractivity contribution in [3.05, 3.63) is 24.3 Å². The van der Waals surface area contributed by atoms with Gasteiger partial charge in [0, 0.05) is 22.8 Å². The standard InChI is InChI=1S/C9H11NO3S3.Na/c11-16(12,13)6-5-9(14)10-7-3-1-2-4-8(7)15-9;/h1-4,10,14H,5-6H2,(H,11,12,13);/q;+1/p-1. The number of thioether (sulfide) groups is 1. The van der Waals surface area contributed by atoms with Crippen LogP contribution in [-0.2, 0) is 10.1 Å². The van der Waals surface area contributed by atoms with Gasteiger partial charge in [-0.2, -0.15) is 0 Å². The summed E-state index contributed by atoms with van der Waals surface area (Å²) >= 11 is 5.82. The molecule has 0 radical (unpaired) electrons. The molecule has 0 spiro atoms. The summed E-state index contributed by atoms with van der Waals surface area (Å²) in [5.74, 6) is -0.412. The van der Waals surface area contributed by atoms with Crippen LogP contribution in [-0.4, -0.2) is 22.9 Å². The molecule has 8 heteroatoms. The molecule has 0 saturated carbocycles. The van der Waals surface area contributed by atoms with E-state index in [0.29, 0.717) is 0 Å². The minimum absolute atomic E-state index is 0. The van der Waals surface area contributed by atoms with Crippen molar-refractivity contribution in [2.75, 3.05) is 11.1 Å². The van der Waals surface area contributed by atoms with Crippen LogP contribution in [0, 0.1) is 0 Å². The molecule has 0 amide bonds. The first kappa shape index (κ1) is 15.7. The van der Waals surface area contributed by atoms with Crippen LogP contribution in [0.4, 0.5) is 5.69 Å². The van der Waals surface area contributed by atoms with E-state index in [0.717, 1.165) is 10.6 Å². The van der Waals surface area contributed by atoms with Crippen LogP contribution in [0.5, 0.6) is 0 Å². The van der Waals surface area contributed by atoms with Crippen molar-refractivity contribution in [1.82, 2.24) is 0 Å². The fourth-order valence-electron chi connectivity index (χ4n) is 1.45. The van der Waals surface area contributed by atoms with E-state index in [1.54, 1.807) is 0 Å². The molecule has 1 atom stereocenters.